The fraction of sp³-hybridized carbons (Fsp3) is 0.846. The maximum absolute atomic E-state index is 12.9. The first-order chi connectivity index (χ1) is 17.1. The molecule has 39 heavy (non-hydrogen) atoms. The SMILES string of the molecule is C=S1(=O)CC(C(F)(F)F)CS(=O)(=O)O1.C=S1(=O)OS(=O)(=O)C(F)C1F.COC1CC(F)S(=O)(=O)OS(=O)(=O)C1. The van der Waals surface area contributed by atoms with E-state index in [1.165, 1.54) is 7.11 Å². The van der Waals surface area contributed by atoms with Gasteiger partial charge in [-0.25, -0.2) is 21.6 Å². The van der Waals surface area contributed by atoms with Gasteiger partial charge in [-0.2, -0.15) is 54.1 Å². The van der Waals surface area contributed by atoms with Crippen molar-refractivity contribution < 1.29 is 84.1 Å². The van der Waals surface area contributed by atoms with E-state index in [0.29, 0.717) is 0 Å². The molecule has 3 aliphatic heterocycles. The van der Waals surface area contributed by atoms with Gasteiger partial charge in [0.05, 0.1) is 33.3 Å². The first-order valence-electron chi connectivity index (χ1n) is 9.35. The van der Waals surface area contributed by atoms with Crippen LogP contribution in [0.1, 0.15) is 6.42 Å². The first-order valence-corrected chi connectivity index (χ1v) is 19.0. The molecule has 3 fully saturated rings. The van der Waals surface area contributed by atoms with Crippen molar-refractivity contribution in [2.45, 2.75) is 35.2 Å². The van der Waals surface area contributed by atoms with Crippen LogP contribution >= 0.6 is 0 Å². The van der Waals surface area contributed by atoms with Crippen molar-refractivity contribution in [2.24, 2.45) is 5.92 Å². The zero-order valence-electron chi connectivity index (χ0n) is 19.1. The number of methoxy groups -OCH3 is 1. The Morgan fingerprint density at radius 1 is 0.718 bits per heavy atom. The van der Waals surface area contributed by atoms with Crippen LogP contribution < -0.4 is 0 Å². The van der Waals surface area contributed by atoms with Gasteiger partial charge in [-0.3, -0.25) is 0 Å². The van der Waals surface area contributed by atoms with Crippen molar-refractivity contribution in [2.75, 3.05) is 24.4 Å². The van der Waals surface area contributed by atoms with Crippen molar-refractivity contribution in [3.63, 3.8) is 0 Å². The Labute approximate surface area is 220 Å². The molecule has 3 aliphatic rings. The highest BCUT2D eigenvalue weighted by atomic mass is 32.3. The summed E-state index contributed by atoms with van der Waals surface area (Å²) in [6.07, 6.45) is -6.25. The van der Waals surface area contributed by atoms with Crippen LogP contribution in [0.25, 0.3) is 0 Å². The zero-order chi connectivity index (χ0) is 31.0. The van der Waals surface area contributed by atoms with Gasteiger partial charge in [-0.05, 0) is 11.7 Å². The standard InChI is InChI=1S/C5H7F3O4S2.C5H9FO6S2.C3H4F2O4S2/c1-13(9)2-4(5(6,7)8)3-14(10,11)12-13;1-11-4-2-5(6)14(9,10)12-13(7,8)3-4;1-10(6)2(4)3(5)11(7,8)9-10/h4H,1-3H2;4-5H,2-3H2,1H3;2-3H,1H2. The Hall–Kier alpha value is -0.740. The summed E-state index contributed by atoms with van der Waals surface area (Å²) in [5, 5.41) is 0. The van der Waals surface area contributed by atoms with Gasteiger partial charge >= 0.3 is 26.4 Å². The topological polar surface area (TPSA) is 208 Å². The number of halogens is 6. The average Bonchev–Trinajstić information content (AvgIpc) is 2.76. The van der Waals surface area contributed by atoms with E-state index in [0.717, 1.165) is 0 Å². The summed E-state index contributed by atoms with van der Waals surface area (Å²) in [4.78, 5) is 0. The third-order valence-corrected chi connectivity index (χ3v) is 14.6. The third-order valence-electron chi connectivity index (χ3n) is 4.27. The van der Waals surface area contributed by atoms with Gasteiger partial charge < -0.3 is 4.74 Å². The normalized spacial score (nSPS) is 40.5. The van der Waals surface area contributed by atoms with Crippen molar-refractivity contribution in [1.29, 1.82) is 0 Å². The Balaban J connectivity index is 0.000000295. The lowest BCUT2D eigenvalue weighted by Gasteiger charge is -2.25. The molecule has 7 atom stereocenters. The molecule has 0 saturated carbocycles. The van der Waals surface area contributed by atoms with Gasteiger partial charge in [0.1, 0.15) is 15.6 Å². The molecule has 3 saturated heterocycles. The highest BCUT2D eigenvalue weighted by Gasteiger charge is 2.51. The van der Waals surface area contributed by atoms with Crippen molar-refractivity contribution in [1.82, 2.24) is 0 Å². The fourth-order valence-corrected chi connectivity index (χ4v) is 12.7. The molecule has 0 amide bonds. The second kappa shape index (κ2) is 11.9. The van der Waals surface area contributed by atoms with Crippen LogP contribution in [-0.2, 0) is 75.7 Å². The minimum absolute atomic E-state index is 0.544. The molecule has 0 aromatic heterocycles. The number of alkyl halides is 6. The Morgan fingerprint density at radius 3 is 1.54 bits per heavy atom. The summed E-state index contributed by atoms with van der Waals surface area (Å²) in [6.45, 7) is 0. The van der Waals surface area contributed by atoms with E-state index in [1.807, 2.05) is 0 Å². The van der Waals surface area contributed by atoms with Gasteiger partial charge in [0.2, 0.25) is 11.0 Å². The minimum atomic E-state index is -4.70. The van der Waals surface area contributed by atoms with Gasteiger partial charge in [0, 0.05) is 13.5 Å². The smallest absolute Gasteiger partial charge is 0.380 e. The second-order valence-electron chi connectivity index (χ2n) is 7.66. The lowest BCUT2D eigenvalue weighted by Crippen LogP contribution is -2.41. The monoisotopic (exact) mass is 706 g/mol. The van der Waals surface area contributed by atoms with Crippen molar-refractivity contribution >= 4 is 71.8 Å². The highest BCUT2D eigenvalue weighted by molar-refractivity contribution is 8.08. The quantitative estimate of drug-likeness (QED) is 0.239. The van der Waals surface area contributed by atoms with Crippen molar-refractivity contribution in [3.8, 4) is 0 Å². The third kappa shape index (κ3) is 10.6. The van der Waals surface area contributed by atoms with Gasteiger partial charge in [0.15, 0.2) is 0 Å². The fourth-order valence-electron chi connectivity index (χ4n) is 2.56. The molecule has 0 radical (unpaired) electrons. The van der Waals surface area contributed by atoms with E-state index < -0.39 is 118 Å². The van der Waals surface area contributed by atoms with Crippen LogP contribution in [0.15, 0.2) is 0 Å². The van der Waals surface area contributed by atoms with Crippen LogP contribution in [-0.4, -0.2) is 107 Å². The number of rotatable bonds is 1. The molecule has 0 N–H and O–H groups in total. The van der Waals surface area contributed by atoms with E-state index in [4.69, 9.17) is 0 Å². The van der Waals surface area contributed by atoms with Crippen LogP contribution in [0.3, 0.4) is 0 Å². The molecule has 14 nitrogen and oxygen atoms in total. The number of hydrogen-bond acceptors (Lipinski definition) is 14. The van der Waals surface area contributed by atoms with E-state index in [-0.39, 0.29) is 0 Å². The summed E-state index contributed by atoms with van der Waals surface area (Å²) in [6, 6.07) is 0. The molecule has 3 rings (SSSR count). The Kier molecular flexibility index (Phi) is 11.0. The maximum atomic E-state index is 12.9. The van der Waals surface area contributed by atoms with E-state index in [1.54, 1.807) is 0 Å². The molecule has 0 aromatic carbocycles. The summed E-state index contributed by atoms with van der Waals surface area (Å²) in [5.74, 6) is 0.500. The van der Waals surface area contributed by atoms with Gasteiger partial charge in [-0.1, -0.05) is 0 Å². The Bertz CT molecular complexity index is 1480. The predicted octanol–water partition coefficient (Wildman–Crippen LogP) is -0.898. The zero-order valence-corrected chi connectivity index (χ0v) is 24.0. The van der Waals surface area contributed by atoms with Gasteiger partial charge in [0.25, 0.3) is 25.7 Å². The molecule has 3 heterocycles. The van der Waals surface area contributed by atoms with Crippen molar-refractivity contribution in [3.05, 3.63) is 0 Å². The largest absolute Gasteiger partial charge is 0.393 e. The van der Waals surface area contributed by atoms with Crippen LogP contribution in [0.4, 0.5) is 26.3 Å². The lowest BCUT2D eigenvalue weighted by atomic mass is 10.2. The molecule has 234 valence electrons. The molecular weight excluding hydrogens is 687 g/mol. The highest BCUT2D eigenvalue weighted by Crippen LogP contribution is 2.33. The van der Waals surface area contributed by atoms with Crippen LogP contribution in [0, 0.1) is 5.92 Å². The van der Waals surface area contributed by atoms with Gasteiger partial charge in [-0.15, -0.1) is 3.63 Å². The first kappa shape index (κ1) is 36.3. The minimum Gasteiger partial charge on any atom is -0.380 e. The molecular formula is C13H20F6O14S6. The summed E-state index contributed by atoms with van der Waals surface area (Å²) < 4.78 is 197. The number of hydrogen-bond donors (Lipinski definition) is 0. The molecule has 0 spiro atoms. The molecule has 0 bridgehead atoms. The summed E-state index contributed by atoms with van der Waals surface area (Å²) in [7, 11) is -24.4. The molecule has 7 unspecified atom stereocenters. The molecule has 0 aromatic rings. The average molecular weight is 707 g/mol. The van der Waals surface area contributed by atoms with E-state index in [2.05, 4.69) is 27.4 Å². The van der Waals surface area contributed by atoms with E-state index >= 15 is 0 Å². The second-order valence-corrected chi connectivity index (χ2v) is 18.7. The molecule has 26 heteroatoms. The maximum Gasteiger partial charge on any atom is 0.393 e. The number of ether oxygens (including phenoxy) is 1. The van der Waals surface area contributed by atoms with E-state index in [9.17, 15) is 68.4 Å². The lowest BCUT2D eigenvalue weighted by molar-refractivity contribution is -0.163. The Morgan fingerprint density at radius 2 is 1.21 bits per heavy atom. The summed E-state index contributed by atoms with van der Waals surface area (Å²) in [5.41, 5.74) is -7.94. The molecule has 0 aliphatic carbocycles. The summed E-state index contributed by atoms with van der Waals surface area (Å²) >= 11 is 0. The van der Waals surface area contributed by atoms with Crippen LogP contribution in [0.2, 0.25) is 0 Å². The predicted molar refractivity (Wildman–Crippen MR) is 124 cm³/mol. The van der Waals surface area contributed by atoms with Crippen LogP contribution in [0.5, 0.6) is 0 Å².